The van der Waals surface area contributed by atoms with Crippen LogP contribution in [0.15, 0.2) is 46.2 Å². The number of rotatable bonds is 7. The highest BCUT2D eigenvalue weighted by Crippen LogP contribution is 2.29. The van der Waals surface area contributed by atoms with Crippen molar-refractivity contribution < 1.29 is 18.0 Å². The number of aldehydes is 1. The van der Waals surface area contributed by atoms with E-state index in [2.05, 4.69) is 5.10 Å². The maximum Gasteiger partial charge on any atom is 0.416 e. The van der Waals surface area contributed by atoms with Gasteiger partial charge in [-0.15, -0.1) is 0 Å². The van der Waals surface area contributed by atoms with Crippen LogP contribution in [-0.4, -0.2) is 25.2 Å². The number of hydrogen-bond acceptors (Lipinski definition) is 5. The lowest BCUT2D eigenvalue weighted by molar-refractivity contribution is -0.137. The summed E-state index contributed by atoms with van der Waals surface area (Å²) in [5.41, 5.74) is 5.95. The number of hydrogen-bond donors (Lipinski definition) is 1. The highest BCUT2D eigenvalue weighted by Gasteiger charge is 2.30. The predicted octanol–water partition coefficient (Wildman–Crippen LogP) is 3.29. The number of benzene rings is 1. The Kier molecular flexibility index (Phi) is 8.99. The summed E-state index contributed by atoms with van der Waals surface area (Å²) in [4.78, 5) is 34.0. The van der Waals surface area contributed by atoms with E-state index in [0.29, 0.717) is 49.0 Å². The van der Waals surface area contributed by atoms with E-state index in [1.165, 1.54) is 26.1 Å². The Morgan fingerprint density at radius 1 is 1.12 bits per heavy atom. The zero-order chi connectivity index (χ0) is 25.5. The Balaban J connectivity index is 0.000000248. The molecule has 34 heavy (non-hydrogen) atoms. The van der Waals surface area contributed by atoms with Gasteiger partial charge in [0.2, 0.25) is 0 Å². The quantitative estimate of drug-likeness (QED) is 0.524. The molecule has 0 aliphatic rings. The molecule has 0 fully saturated rings. The Hall–Kier alpha value is -3.63. The first-order valence-corrected chi connectivity index (χ1v) is 10.8. The molecule has 8 nitrogen and oxygen atoms in total. The minimum Gasteiger partial charge on any atom is -0.385 e. The van der Waals surface area contributed by atoms with Crippen LogP contribution in [0.25, 0.3) is 0 Å². The molecule has 1 aromatic carbocycles. The summed E-state index contributed by atoms with van der Waals surface area (Å²) in [6, 6.07) is 5.20. The molecule has 0 amide bonds. The second-order valence-corrected chi connectivity index (χ2v) is 7.60. The fourth-order valence-corrected chi connectivity index (χ4v) is 3.29. The molecule has 11 heteroatoms. The average molecular weight is 480 g/mol. The fraction of sp³-hybridized carbons (Fsp3) is 0.391. The maximum absolute atomic E-state index is 12.5. The molecule has 2 N–H and O–H groups in total. The van der Waals surface area contributed by atoms with Crippen molar-refractivity contribution in [3.05, 3.63) is 79.8 Å². The number of anilines is 1. The first-order valence-electron chi connectivity index (χ1n) is 10.8. The van der Waals surface area contributed by atoms with Crippen molar-refractivity contribution in [2.75, 3.05) is 5.73 Å². The Morgan fingerprint density at radius 2 is 1.82 bits per heavy atom. The van der Waals surface area contributed by atoms with Gasteiger partial charge in [0.05, 0.1) is 22.9 Å². The average Bonchev–Trinajstić information content (AvgIpc) is 3.28. The van der Waals surface area contributed by atoms with Gasteiger partial charge in [-0.2, -0.15) is 18.3 Å². The molecule has 2 heterocycles. The largest absolute Gasteiger partial charge is 0.416 e. The van der Waals surface area contributed by atoms with Crippen molar-refractivity contribution in [3.8, 4) is 0 Å². The summed E-state index contributed by atoms with van der Waals surface area (Å²) in [5, 5.41) is 3.94. The van der Waals surface area contributed by atoms with E-state index in [1.807, 2.05) is 13.8 Å². The summed E-state index contributed by atoms with van der Waals surface area (Å²) in [7, 11) is 0. The van der Waals surface area contributed by atoms with E-state index in [-0.39, 0.29) is 17.1 Å². The fourth-order valence-electron chi connectivity index (χ4n) is 3.29. The van der Waals surface area contributed by atoms with Crippen molar-refractivity contribution in [2.45, 2.75) is 59.4 Å². The van der Waals surface area contributed by atoms with Crippen molar-refractivity contribution in [2.24, 2.45) is 0 Å². The molecule has 0 aliphatic carbocycles. The SMILES string of the molecule is CCCn1c(=O)c(C)c(N)n(CC)c1=O.O=Cc1cnn(CCc2cccc(C(F)(F)F)c2)c1. The molecule has 2 aromatic heterocycles. The van der Waals surface area contributed by atoms with E-state index in [9.17, 15) is 27.6 Å². The summed E-state index contributed by atoms with van der Waals surface area (Å²) in [5.74, 6) is 0.278. The summed E-state index contributed by atoms with van der Waals surface area (Å²) in [6.07, 6.45) is 0.492. The van der Waals surface area contributed by atoms with Crippen LogP contribution in [-0.2, 0) is 32.2 Å². The van der Waals surface area contributed by atoms with Gasteiger partial charge in [-0.1, -0.05) is 25.1 Å². The second-order valence-electron chi connectivity index (χ2n) is 7.60. The number of halogens is 3. The second kappa shape index (κ2) is 11.5. The van der Waals surface area contributed by atoms with Gasteiger partial charge in [-0.05, 0) is 38.3 Å². The van der Waals surface area contributed by atoms with Crippen molar-refractivity contribution in [1.82, 2.24) is 18.9 Å². The van der Waals surface area contributed by atoms with Crippen molar-refractivity contribution >= 4 is 12.1 Å². The van der Waals surface area contributed by atoms with Gasteiger partial charge in [0.1, 0.15) is 5.82 Å². The van der Waals surface area contributed by atoms with Gasteiger partial charge in [-0.25, -0.2) is 4.79 Å². The monoisotopic (exact) mass is 479 g/mol. The Morgan fingerprint density at radius 3 is 2.38 bits per heavy atom. The van der Waals surface area contributed by atoms with Crippen LogP contribution in [0.5, 0.6) is 0 Å². The van der Waals surface area contributed by atoms with Crippen LogP contribution in [0.3, 0.4) is 0 Å². The third-order valence-electron chi connectivity index (χ3n) is 5.14. The molecular weight excluding hydrogens is 451 g/mol. The smallest absolute Gasteiger partial charge is 0.385 e. The number of nitrogens with zero attached hydrogens (tertiary/aromatic N) is 4. The first kappa shape index (κ1) is 26.6. The molecule has 0 saturated carbocycles. The van der Waals surface area contributed by atoms with Gasteiger partial charge >= 0.3 is 11.9 Å². The van der Waals surface area contributed by atoms with E-state index < -0.39 is 11.7 Å². The lowest BCUT2D eigenvalue weighted by Crippen LogP contribution is -2.42. The third kappa shape index (κ3) is 6.46. The minimum absolute atomic E-state index is 0.274. The molecule has 3 aromatic rings. The molecule has 3 rings (SSSR count). The molecule has 184 valence electrons. The number of nitrogen functional groups attached to an aromatic ring is 1. The minimum atomic E-state index is -4.33. The zero-order valence-electron chi connectivity index (χ0n) is 19.3. The number of aryl methyl sites for hydroxylation is 2. The number of nitrogens with two attached hydrogens (primary N) is 1. The van der Waals surface area contributed by atoms with Crippen LogP contribution >= 0.6 is 0 Å². The summed E-state index contributed by atoms with van der Waals surface area (Å²) < 4.78 is 41.8. The molecule has 0 spiro atoms. The number of alkyl halides is 3. The van der Waals surface area contributed by atoms with E-state index in [1.54, 1.807) is 19.2 Å². The lowest BCUT2D eigenvalue weighted by Gasteiger charge is -2.12. The Bertz CT molecular complexity index is 1240. The highest BCUT2D eigenvalue weighted by atomic mass is 19.4. The van der Waals surface area contributed by atoms with E-state index in [0.717, 1.165) is 18.6 Å². The van der Waals surface area contributed by atoms with Crippen LogP contribution in [0.4, 0.5) is 19.0 Å². The normalized spacial score (nSPS) is 11.1. The van der Waals surface area contributed by atoms with Gasteiger partial charge in [0.25, 0.3) is 5.56 Å². The topological polar surface area (TPSA) is 105 Å². The predicted molar refractivity (Wildman–Crippen MR) is 123 cm³/mol. The van der Waals surface area contributed by atoms with Gasteiger partial charge in [0, 0.05) is 25.8 Å². The number of carbonyl (C=O) groups is 1. The zero-order valence-corrected chi connectivity index (χ0v) is 19.3. The standard InChI is InChI=1S/C13H11F3N2O.C10H17N3O2/c14-13(15,16)12-3-1-2-10(6-12)4-5-18-8-11(9-19)7-17-18;1-4-6-13-9(14)7(3)8(11)12(5-2)10(13)15/h1-3,6-9H,4-5H2;4-6,11H2,1-3H3. The molecule has 0 bridgehead atoms. The molecule has 0 aliphatic heterocycles. The van der Waals surface area contributed by atoms with Crippen molar-refractivity contribution in [1.29, 1.82) is 0 Å². The van der Waals surface area contributed by atoms with Crippen LogP contribution in [0, 0.1) is 6.92 Å². The van der Waals surface area contributed by atoms with E-state index >= 15 is 0 Å². The Labute approximate surface area is 194 Å². The van der Waals surface area contributed by atoms with Gasteiger partial charge < -0.3 is 5.73 Å². The van der Waals surface area contributed by atoms with Crippen molar-refractivity contribution in [3.63, 3.8) is 0 Å². The summed E-state index contributed by atoms with van der Waals surface area (Å²) in [6.45, 7) is 6.75. The molecule has 0 atom stereocenters. The maximum atomic E-state index is 12.5. The van der Waals surface area contributed by atoms with Gasteiger partial charge in [-0.3, -0.25) is 23.4 Å². The first-order chi connectivity index (χ1) is 16.0. The lowest BCUT2D eigenvalue weighted by atomic mass is 10.1. The van der Waals surface area contributed by atoms with E-state index in [4.69, 9.17) is 5.73 Å². The number of aromatic nitrogens is 4. The van der Waals surface area contributed by atoms with Gasteiger partial charge in [0.15, 0.2) is 6.29 Å². The third-order valence-corrected chi connectivity index (χ3v) is 5.14. The van der Waals surface area contributed by atoms with Crippen LogP contribution in [0.1, 0.15) is 47.3 Å². The highest BCUT2D eigenvalue weighted by molar-refractivity contribution is 5.73. The molecule has 0 radical (unpaired) electrons. The number of carbonyl (C=O) groups excluding carboxylic acids is 1. The van der Waals surface area contributed by atoms with Crippen LogP contribution in [0.2, 0.25) is 0 Å². The molecule has 0 unspecified atom stereocenters. The molecular formula is C23H28F3N5O3. The summed E-state index contributed by atoms with van der Waals surface area (Å²) >= 11 is 0. The molecule has 0 saturated heterocycles. The van der Waals surface area contributed by atoms with Crippen LogP contribution < -0.4 is 17.0 Å².